The predicted molar refractivity (Wildman–Crippen MR) is 89.3 cm³/mol. The molecule has 118 valence electrons. The number of rotatable bonds is 3. The highest BCUT2D eigenvalue weighted by Crippen LogP contribution is 2.19. The minimum Gasteiger partial charge on any atom is -0.370 e. The lowest BCUT2D eigenvalue weighted by Gasteiger charge is -2.35. The Morgan fingerprint density at radius 2 is 2.14 bits per heavy atom. The Bertz CT molecular complexity index is 619. The van der Waals surface area contributed by atoms with E-state index in [1.54, 1.807) is 11.3 Å². The van der Waals surface area contributed by atoms with Crippen LogP contribution in [0, 0.1) is 13.8 Å². The molecule has 0 spiro atoms. The van der Waals surface area contributed by atoms with Gasteiger partial charge >= 0.3 is 0 Å². The topological polar surface area (TPSA) is 86.4 Å². The number of aromatic nitrogens is 3. The van der Waals surface area contributed by atoms with E-state index in [0.717, 1.165) is 48.3 Å². The predicted octanol–water partition coefficient (Wildman–Crippen LogP) is 1.12. The van der Waals surface area contributed by atoms with Crippen LogP contribution in [-0.2, 0) is 6.54 Å². The molecule has 0 amide bonds. The molecule has 3 N–H and O–H groups in total. The van der Waals surface area contributed by atoms with Crippen molar-refractivity contribution in [1.29, 1.82) is 0 Å². The fourth-order valence-corrected chi connectivity index (χ4v) is 3.26. The van der Waals surface area contributed by atoms with E-state index in [9.17, 15) is 0 Å². The van der Waals surface area contributed by atoms with Crippen molar-refractivity contribution in [1.82, 2.24) is 20.1 Å². The van der Waals surface area contributed by atoms with Gasteiger partial charge in [-0.1, -0.05) is 0 Å². The summed E-state index contributed by atoms with van der Waals surface area (Å²) in [6, 6.07) is 0. The van der Waals surface area contributed by atoms with Crippen LogP contribution >= 0.6 is 11.3 Å². The molecule has 1 saturated heterocycles. The van der Waals surface area contributed by atoms with E-state index in [4.69, 9.17) is 5.73 Å². The number of H-pyrrole nitrogens is 1. The summed E-state index contributed by atoms with van der Waals surface area (Å²) in [6.45, 7) is 8.16. The van der Waals surface area contributed by atoms with Crippen LogP contribution < -0.4 is 10.6 Å². The lowest BCUT2D eigenvalue weighted by atomic mass is 10.2. The number of aromatic amines is 1. The van der Waals surface area contributed by atoms with Crippen LogP contribution in [-0.4, -0.2) is 52.2 Å². The van der Waals surface area contributed by atoms with Crippen molar-refractivity contribution >= 4 is 22.4 Å². The van der Waals surface area contributed by atoms with Crippen molar-refractivity contribution in [3.63, 3.8) is 0 Å². The molecule has 22 heavy (non-hydrogen) atoms. The second kappa shape index (κ2) is 6.35. The van der Waals surface area contributed by atoms with Gasteiger partial charge in [0, 0.05) is 49.0 Å². The standard InChI is InChI=1S/C14H21N7S/c1-10-12(11(2)19-18-10)9-17-13(15)20-4-6-21(7-5-20)14-16-3-8-22-14/h3,8H,4-7,9H2,1-2H3,(H2,15,17)(H,18,19). The van der Waals surface area contributed by atoms with Crippen molar-refractivity contribution in [2.24, 2.45) is 10.7 Å². The normalized spacial score (nSPS) is 16.4. The molecule has 3 heterocycles. The van der Waals surface area contributed by atoms with Gasteiger partial charge in [-0.3, -0.25) is 5.10 Å². The zero-order valence-corrected chi connectivity index (χ0v) is 13.7. The number of hydrogen-bond acceptors (Lipinski definition) is 5. The third kappa shape index (κ3) is 3.06. The molecule has 3 rings (SSSR count). The second-order valence-electron chi connectivity index (χ2n) is 5.38. The van der Waals surface area contributed by atoms with Crippen LogP contribution in [0.2, 0.25) is 0 Å². The fourth-order valence-electron chi connectivity index (χ4n) is 2.57. The first-order chi connectivity index (χ1) is 10.6. The smallest absolute Gasteiger partial charge is 0.191 e. The molecular weight excluding hydrogens is 298 g/mol. The maximum atomic E-state index is 6.14. The van der Waals surface area contributed by atoms with Crippen molar-refractivity contribution in [2.45, 2.75) is 20.4 Å². The summed E-state index contributed by atoms with van der Waals surface area (Å²) in [6.07, 6.45) is 1.85. The molecule has 1 fully saturated rings. The number of aliphatic imine (C=N–C) groups is 1. The van der Waals surface area contributed by atoms with Crippen LogP contribution in [0.25, 0.3) is 0 Å². The first kappa shape index (κ1) is 14.8. The lowest BCUT2D eigenvalue weighted by Crippen LogP contribution is -2.51. The molecule has 1 aliphatic heterocycles. The first-order valence-corrected chi connectivity index (χ1v) is 8.23. The number of hydrogen-bond donors (Lipinski definition) is 2. The zero-order valence-electron chi connectivity index (χ0n) is 12.9. The zero-order chi connectivity index (χ0) is 15.5. The monoisotopic (exact) mass is 319 g/mol. The molecule has 0 radical (unpaired) electrons. The third-order valence-electron chi connectivity index (χ3n) is 3.97. The molecule has 8 heteroatoms. The average Bonchev–Trinajstić information content (AvgIpc) is 3.17. The number of aryl methyl sites for hydroxylation is 2. The van der Waals surface area contributed by atoms with Gasteiger partial charge in [-0.25, -0.2) is 9.98 Å². The number of nitrogens with one attached hydrogen (secondary N) is 1. The number of guanidine groups is 1. The first-order valence-electron chi connectivity index (χ1n) is 7.35. The van der Waals surface area contributed by atoms with Crippen LogP contribution in [0.3, 0.4) is 0 Å². The number of thiazole rings is 1. The molecule has 2 aromatic heterocycles. The SMILES string of the molecule is Cc1n[nH]c(C)c1CN=C(N)N1CCN(c2nccs2)CC1. The van der Waals surface area contributed by atoms with E-state index in [1.807, 2.05) is 25.4 Å². The quantitative estimate of drug-likeness (QED) is 0.654. The summed E-state index contributed by atoms with van der Waals surface area (Å²) < 4.78 is 0. The van der Waals surface area contributed by atoms with E-state index in [0.29, 0.717) is 12.5 Å². The number of piperazine rings is 1. The Morgan fingerprint density at radius 3 is 2.73 bits per heavy atom. The molecule has 0 bridgehead atoms. The molecular formula is C14H21N7S. The van der Waals surface area contributed by atoms with Gasteiger partial charge in [0.2, 0.25) is 0 Å². The van der Waals surface area contributed by atoms with Crippen molar-refractivity contribution < 1.29 is 0 Å². The molecule has 0 aliphatic carbocycles. The molecule has 2 aromatic rings. The van der Waals surface area contributed by atoms with Crippen LogP contribution in [0.5, 0.6) is 0 Å². The van der Waals surface area contributed by atoms with Crippen LogP contribution in [0.4, 0.5) is 5.13 Å². The van der Waals surface area contributed by atoms with Gasteiger partial charge in [-0.05, 0) is 13.8 Å². The maximum Gasteiger partial charge on any atom is 0.191 e. The Kier molecular flexibility index (Phi) is 4.28. The minimum absolute atomic E-state index is 0.576. The van der Waals surface area contributed by atoms with Crippen molar-refractivity contribution in [2.75, 3.05) is 31.1 Å². The lowest BCUT2D eigenvalue weighted by molar-refractivity contribution is 0.380. The minimum atomic E-state index is 0.576. The largest absolute Gasteiger partial charge is 0.370 e. The average molecular weight is 319 g/mol. The van der Waals surface area contributed by atoms with Gasteiger partial charge < -0.3 is 15.5 Å². The Balaban J connectivity index is 1.57. The number of nitrogens with zero attached hydrogens (tertiary/aromatic N) is 5. The highest BCUT2D eigenvalue weighted by Gasteiger charge is 2.19. The van der Waals surface area contributed by atoms with E-state index in [2.05, 4.69) is 30.0 Å². The molecule has 1 aliphatic rings. The number of anilines is 1. The van der Waals surface area contributed by atoms with E-state index in [-0.39, 0.29) is 0 Å². The highest BCUT2D eigenvalue weighted by molar-refractivity contribution is 7.13. The summed E-state index contributed by atoms with van der Waals surface area (Å²) in [5.74, 6) is 0.610. The maximum absolute atomic E-state index is 6.14. The molecule has 0 unspecified atom stereocenters. The van der Waals surface area contributed by atoms with Gasteiger partial charge in [-0.2, -0.15) is 5.10 Å². The molecule has 0 saturated carbocycles. The van der Waals surface area contributed by atoms with Crippen molar-refractivity contribution in [3.8, 4) is 0 Å². The van der Waals surface area contributed by atoms with Crippen LogP contribution in [0.1, 0.15) is 17.0 Å². The van der Waals surface area contributed by atoms with Crippen molar-refractivity contribution in [3.05, 3.63) is 28.5 Å². The van der Waals surface area contributed by atoms with E-state index < -0.39 is 0 Å². The summed E-state index contributed by atoms with van der Waals surface area (Å²) in [4.78, 5) is 13.3. The van der Waals surface area contributed by atoms with Gasteiger partial charge in [-0.15, -0.1) is 11.3 Å². The van der Waals surface area contributed by atoms with Crippen LogP contribution in [0.15, 0.2) is 16.6 Å². The summed E-state index contributed by atoms with van der Waals surface area (Å²) in [5.41, 5.74) is 9.32. The molecule has 7 nitrogen and oxygen atoms in total. The number of nitrogens with two attached hydrogens (primary N) is 1. The Labute approximate surface area is 133 Å². The third-order valence-corrected chi connectivity index (χ3v) is 4.81. The van der Waals surface area contributed by atoms with Gasteiger partial charge in [0.05, 0.1) is 12.2 Å². The van der Waals surface area contributed by atoms with Gasteiger partial charge in [0.15, 0.2) is 11.1 Å². The van der Waals surface area contributed by atoms with E-state index >= 15 is 0 Å². The summed E-state index contributed by atoms with van der Waals surface area (Å²) >= 11 is 1.68. The summed E-state index contributed by atoms with van der Waals surface area (Å²) in [7, 11) is 0. The van der Waals surface area contributed by atoms with Gasteiger partial charge in [0.1, 0.15) is 0 Å². The highest BCUT2D eigenvalue weighted by atomic mass is 32.1. The molecule has 0 atom stereocenters. The molecule has 0 aromatic carbocycles. The second-order valence-corrected chi connectivity index (χ2v) is 6.25. The summed E-state index contributed by atoms with van der Waals surface area (Å²) in [5, 5.41) is 10.2. The fraction of sp³-hybridized carbons (Fsp3) is 0.500. The Morgan fingerprint density at radius 1 is 1.36 bits per heavy atom. The van der Waals surface area contributed by atoms with E-state index in [1.165, 1.54) is 0 Å². The Hall–Kier alpha value is -2.09. The van der Waals surface area contributed by atoms with Gasteiger partial charge in [0.25, 0.3) is 0 Å².